The second-order valence-electron chi connectivity index (χ2n) is 10.00. The molecule has 196 valence electrons. The molecular weight excluding hydrogens is 505 g/mol. The van der Waals surface area contributed by atoms with Crippen molar-refractivity contribution in [1.82, 2.24) is 4.98 Å². The summed E-state index contributed by atoms with van der Waals surface area (Å²) in [6.45, 7) is 5.80. The van der Waals surface area contributed by atoms with Gasteiger partial charge >= 0.3 is 12.1 Å². The van der Waals surface area contributed by atoms with Crippen LogP contribution in [0, 0.1) is 11.3 Å². The summed E-state index contributed by atoms with van der Waals surface area (Å²) in [6, 6.07) is 10.4. The number of nitrogens with one attached hydrogen (secondary N) is 1. The van der Waals surface area contributed by atoms with Gasteiger partial charge in [0.05, 0.1) is 27.4 Å². The van der Waals surface area contributed by atoms with Crippen molar-refractivity contribution in [2.24, 2.45) is 11.3 Å². The van der Waals surface area contributed by atoms with Crippen LogP contribution in [-0.4, -0.2) is 23.5 Å². The average molecular weight is 533 g/mol. The fourth-order valence-electron chi connectivity index (χ4n) is 4.84. The third-order valence-corrected chi connectivity index (χ3v) is 7.71. The van der Waals surface area contributed by atoms with Crippen LogP contribution in [0.5, 0.6) is 0 Å². The Hall–Kier alpha value is -3.13. The van der Waals surface area contributed by atoms with Crippen molar-refractivity contribution in [3.05, 3.63) is 69.9 Å². The molecule has 0 bridgehead atoms. The molecule has 0 saturated carbocycles. The summed E-state index contributed by atoms with van der Waals surface area (Å²) in [5.41, 5.74) is 1.06. The highest BCUT2D eigenvalue weighted by atomic mass is 35.5. The number of rotatable bonds is 6. The van der Waals surface area contributed by atoms with Gasteiger partial charge in [-0.15, -0.1) is 0 Å². The highest BCUT2D eigenvalue weighted by Crippen LogP contribution is 2.42. The van der Waals surface area contributed by atoms with Gasteiger partial charge in [0.25, 0.3) is 5.91 Å². The van der Waals surface area contributed by atoms with Crippen LogP contribution in [0.4, 0.5) is 18.9 Å². The lowest BCUT2D eigenvalue weighted by molar-refractivity contribution is -0.137. The first-order valence-electron chi connectivity index (χ1n) is 12.2. The molecule has 5 nitrogen and oxygen atoms in total. The molecule has 1 aliphatic carbocycles. The van der Waals surface area contributed by atoms with E-state index in [4.69, 9.17) is 21.3 Å². The summed E-state index contributed by atoms with van der Waals surface area (Å²) in [5.74, 6) is -1.30. The second kappa shape index (κ2) is 10.3. The lowest BCUT2D eigenvalue weighted by atomic mass is 9.68. The topological polar surface area (TPSA) is 68.3 Å². The molecule has 0 fully saturated rings. The molecule has 0 aliphatic heterocycles. The minimum absolute atomic E-state index is 0.0650. The first-order chi connectivity index (χ1) is 17.4. The molecule has 1 aliphatic rings. The number of anilines is 1. The molecule has 0 radical (unpaired) electrons. The Morgan fingerprint density at radius 2 is 1.86 bits per heavy atom. The summed E-state index contributed by atoms with van der Waals surface area (Å²) in [6.07, 6.45) is -1.41. The van der Waals surface area contributed by atoms with E-state index in [0.717, 1.165) is 42.7 Å². The summed E-state index contributed by atoms with van der Waals surface area (Å²) >= 11 is 5.92. The maximum atomic E-state index is 13.4. The van der Waals surface area contributed by atoms with Gasteiger partial charge in [0.2, 0.25) is 0 Å². The number of para-hydroxylation sites is 2. The molecule has 3 aromatic rings. The van der Waals surface area contributed by atoms with Crippen LogP contribution in [-0.2, 0) is 28.5 Å². The van der Waals surface area contributed by atoms with Crippen LogP contribution in [0.25, 0.3) is 10.9 Å². The molecule has 1 N–H and O–H groups in total. The van der Waals surface area contributed by atoms with Gasteiger partial charge in [-0.2, -0.15) is 13.2 Å². The fraction of sp³-hybridized carbons (Fsp3) is 0.393. The average Bonchev–Trinajstić information content (AvgIpc) is 2.86. The Kier molecular flexibility index (Phi) is 7.51. The number of esters is 1. The van der Waals surface area contributed by atoms with E-state index in [1.165, 1.54) is 6.07 Å². The molecule has 1 amide bonds. The largest absolute Gasteiger partial charge is 0.452 e. The number of nitrogens with zero attached hydrogens (tertiary/aromatic N) is 1. The maximum absolute atomic E-state index is 13.4. The highest BCUT2D eigenvalue weighted by Gasteiger charge is 2.36. The van der Waals surface area contributed by atoms with Crippen molar-refractivity contribution in [3.63, 3.8) is 0 Å². The van der Waals surface area contributed by atoms with Crippen molar-refractivity contribution in [1.29, 1.82) is 0 Å². The summed E-state index contributed by atoms with van der Waals surface area (Å²) in [5, 5.41) is 2.49. The molecular formula is C28H28ClF3N2O3. The monoisotopic (exact) mass is 532 g/mol. The van der Waals surface area contributed by atoms with Crippen molar-refractivity contribution in [2.45, 2.75) is 52.6 Å². The summed E-state index contributed by atoms with van der Waals surface area (Å²) in [7, 11) is 0. The van der Waals surface area contributed by atoms with E-state index in [1.54, 1.807) is 12.1 Å². The zero-order valence-corrected chi connectivity index (χ0v) is 21.6. The number of amides is 1. The molecule has 1 atom stereocenters. The number of hydrogen-bond donors (Lipinski definition) is 1. The van der Waals surface area contributed by atoms with Crippen molar-refractivity contribution < 1.29 is 27.5 Å². The van der Waals surface area contributed by atoms with E-state index >= 15 is 0 Å². The number of carbonyl (C=O) groups excluding carboxylic acids is 2. The van der Waals surface area contributed by atoms with Crippen molar-refractivity contribution in [2.75, 3.05) is 11.9 Å². The molecule has 4 rings (SSSR count). The number of ether oxygens (including phenoxy) is 1. The first-order valence-corrected chi connectivity index (χ1v) is 12.5. The van der Waals surface area contributed by atoms with Crippen LogP contribution in [0.2, 0.25) is 5.02 Å². The van der Waals surface area contributed by atoms with E-state index in [9.17, 15) is 22.8 Å². The van der Waals surface area contributed by atoms with Gasteiger partial charge in [0.15, 0.2) is 6.61 Å². The Balaban J connectivity index is 1.60. The number of benzene rings is 2. The van der Waals surface area contributed by atoms with Gasteiger partial charge in [-0.25, -0.2) is 4.79 Å². The number of aromatic nitrogens is 1. The predicted molar refractivity (Wildman–Crippen MR) is 137 cm³/mol. The summed E-state index contributed by atoms with van der Waals surface area (Å²) < 4.78 is 45.4. The molecule has 0 saturated heterocycles. The van der Waals surface area contributed by atoms with Gasteiger partial charge in [-0.05, 0) is 54.4 Å². The van der Waals surface area contributed by atoms with E-state index < -0.39 is 35.9 Å². The SMILES string of the molecule is CCC(C)(C)C1CCc2nc3ccccc3c(C(=O)OCC(=O)Nc3c(Cl)cccc3C(F)(F)F)c2C1. The van der Waals surface area contributed by atoms with Gasteiger partial charge < -0.3 is 10.1 Å². The Morgan fingerprint density at radius 3 is 2.57 bits per heavy atom. The number of carbonyl (C=O) groups is 2. The Morgan fingerprint density at radius 1 is 1.14 bits per heavy atom. The maximum Gasteiger partial charge on any atom is 0.418 e. The molecule has 1 unspecified atom stereocenters. The number of alkyl halides is 3. The lowest BCUT2D eigenvalue weighted by Crippen LogP contribution is -2.31. The first kappa shape index (κ1) is 26.9. The Bertz CT molecular complexity index is 1350. The zero-order chi connectivity index (χ0) is 27.0. The second-order valence-corrected chi connectivity index (χ2v) is 10.4. The predicted octanol–water partition coefficient (Wildman–Crippen LogP) is 7.24. The number of fused-ring (bicyclic) bond motifs is 2. The smallest absolute Gasteiger partial charge is 0.418 e. The number of hydrogen-bond acceptors (Lipinski definition) is 4. The molecule has 1 aromatic heterocycles. The zero-order valence-electron chi connectivity index (χ0n) is 20.8. The van der Waals surface area contributed by atoms with Gasteiger partial charge in [0.1, 0.15) is 0 Å². The normalized spacial score (nSPS) is 15.8. The van der Waals surface area contributed by atoms with E-state index in [2.05, 4.69) is 26.1 Å². The van der Waals surface area contributed by atoms with Crippen LogP contribution in [0.3, 0.4) is 0 Å². The minimum atomic E-state index is -4.72. The fourth-order valence-corrected chi connectivity index (χ4v) is 5.07. The molecule has 1 heterocycles. The van der Waals surface area contributed by atoms with E-state index in [1.807, 2.05) is 12.1 Å². The van der Waals surface area contributed by atoms with Crippen LogP contribution in [0.15, 0.2) is 42.5 Å². The number of aryl methyl sites for hydroxylation is 1. The van der Waals surface area contributed by atoms with Crippen molar-refractivity contribution >= 4 is 40.1 Å². The molecule has 9 heteroatoms. The molecule has 37 heavy (non-hydrogen) atoms. The van der Waals surface area contributed by atoms with E-state index in [0.29, 0.717) is 28.8 Å². The van der Waals surface area contributed by atoms with Crippen LogP contribution in [0.1, 0.15) is 60.8 Å². The third-order valence-electron chi connectivity index (χ3n) is 7.40. The quantitative estimate of drug-likeness (QED) is 0.340. The summed E-state index contributed by atoms with van der Waals surface area (Å²) in [4.78, 5) is 30.7. The van der Waals surface area contributed by atoms with Gasteiger partial charge in [-0.3, -0.25) is 9.78 Å². The van der Waals surface area contributed by atoms with E-state index in [-0.39, 0.29) is 10.4 Å². The lowest BCUT2D eigenvalue weighted by Gasteiger charge is -2.37. The van der Waals surface area contributed by atoms with Gasteiger partial charge in [-0.1, -0.05) is 63.1 Å². The van der Waals surface area contributed by atoms with Crippen LogP contribution >= 0.6 is 11.6 Å². The standard InChI is InChI=1S/C28H28ClF3N2O3/c1-4-27(2,3)16-12-13-22-18(14-16)24(17-8-5-6-11-21(17)33-22)26(36)37-15-23(35)34-25-19(28(30,31)32)9-7-10-20(25)29/h5-11,16H,4,12-15H2,1-3H3,(H,34,35). The Labute approximate surface area is 218 Å². The number of halogens is 4. The van der Waals surface area contributed by atoms with Gasteiger partial charge in [0, 0.05) is 11.1 Å². The minimum Gasteiger partial charge on any atom is -0.452 e. The molecule has 2 aromatic carbocycles. The highest BCUT2D eigenvalue weighted by molar-refractivity contribution is 6.34. The van der Waals surface area contributed by atoms with Crippen molar-refractivity contribution in [3.8, 4) is 0 Å². The third kappa shape index (κ3) is 5.59. The van der Waals surface area contributed by atoms with Crippen LogP contribution < -0.4 is 5.32 Å². The molecule has 0 spiro atoms. The number of pyridine rings is 1.